The van der Waals surface area contributed by atoms with Crippen LogP contribution in [-0.4, -0.2) is 25.1 Å². The Bertz CT molecular complexity index is 333. The Kier molecular flexibility index (Phi) is 3.82. The molecule has 0 saturated heterocycles. The van der Waals surface area contributed by atoms with Gasteiger partial charge in [0, 0.05) is 24.5 Å². The van der Waals surface area contributed by atoms with Gasteiger partial charge in [0.05, 0.1) is 5.69 Å². The highest BCUT2D eigenvalue weighted by Gasteiger charge is 2.25. The minimum Gasteiger partial charge on any atom is -0.348 e. The minimum absolute atomic E-state index is 0.352. The number of rotatable bonds is 6. The van der Waals surface area contributed by atoms with Crippen molar-refractivity contribution in [2.75, 3.05) is 25.0 Å². The van der Waals surface area contributed by atoms with Crippen LogP contribution in [0.4, 0.5) is 5.13 Å². The number of nitrogens with zero attached hydrogens (tertiary/aromatic N) is 2. The molecule has 0 aliphatic heterocycles. The molecule has 1 aliphatic carbocycles. The maximum Gasteiger partial charge on any atom is 0.185 e. The second-order valence-corrected chi connectivity index (χ2v) is 5.38. The average molecular weight is 239 g/mol. The fourth-order valence-electron chi connectivity index (χ4n) is 1.72. The van der Waals surface area contributed by atoms with Crippen molar-refractivity contribution in [1.29, 1.82) is 0 Å². The van der Waals surface area contributed by atoms with Gasteiger partial charge < -0.3 is 10.2 Å². The van der Waals surface area contributed by atoms with Crippen LogP contribution in [0.5, 0.6) is 0 Å². The van der Waals surface area contributed by atoms with E-state index >= 15 is 0 Å². The Morgan fingerprint density at radius 3 is 2.94 bits per heavy atom. The van der Waals surface area contributed by atoms with Crippen molar-refractivity contribution in [1.82, 2.24) is 10.3 Å². The summed E-state index contributed by atoms with van der Waals surface area (Å²) in [5.74, 6) is 0.925. The molecule has 1 atom stereocenters. The van der Waals surface area contributed by atoms with Gasteiger partial charge in [-0.3, -0.25) is 0 Å². The van der Waals surface area contributed by atoms with Crippen LogP contribution in [0.2, 0.25) is 0 Å². The van der Waals surface area contributed by atoms with E-state index < -0.39 is 0 Å². The number of thiazole rings is 1. The summed E-state index contributed by atoms with van der Waals surface area (Å²) in [7, 11) is 1.98. The Morgan fingerprint density at radius 2 is 2.38 bits per heavy atom. The van der Waals surface area contributed by atoms with E-state index in [0.717, 1.165) is 18.2 Å². The first kappa shape index (κ1) is 11.9. The van der Waals surface area contributed by atoms with E-state index in [1.54, 1.807) is 11.3 Å². The zero-order valence-electron chi connectivity index (χ0n) is 10.4. The molecule has 0 amide bonds. The smallest absolute Gasteiger partial charge is 0.185 e. The molecule has 3 nitrogen and oxygen atoms in total. The molecule has 0 radical (unpaired) electrons. The molecule has 0 aromatic carbocycles. The largest absolute Gasteiger partial charge is 0.348 e. The lowest BCUT2D eigenvalue weighted by Gasteiger charge is -2.19. The van der Waals surface area contributed by atoms with Gasteiger partial charge in [0.2, 0.25) is 0 Å². The van der Waals surface area contributed by atoms with Gasteiger partial charge in [-0.1, -0.05) is 0 Å². The highest BCUT2D eigenvalue weighted by atomic mass is 32.1. The summed E-state index contributed by atoms with van der Waals surface area (Å²) in [6.45, 7) is 6.62. The first-order valence-electron chi connectivity index (χ1n) is 6.12. The number of aromatic nitrogens is 1. The molecule has 1 aliphatic rings. The molecule has 0 bridgehead atoms. The summed E-state index contributed by atoms with van der Waals surface area (Å²) < 4.78 is 0. The first-order chi connectivity index (χ1) is 7.74. The van der Waals surface area contributed by atoms with Crippen molar-refractivity contribution in [3.63, 3.8) is 0 Å². The van der Waals surface area contributed by atoms with E-state index in [9.17, 15) is 0 Å². The number of hydrogen-bond acceptors (Lipinski definition) is 4. The summed E-state index contributed by atoms with van der Waals surface area (Å²) in [6, 6.07) is 0.352. The molecule has 1 aromatic heterocycles. The molecule has 1 heterocycles. The summed E-state index contributed by atoms with van der Waals surface area (Å²) in [4.78, 5) is 7.13. The van der Waals surface area contributed by atoms with Crippen LogP contribution in [0.3, 0.4) is 0 Å². The molecule has 1 fully saturated rings. The number of anilines is 1. The Labute approximate surface area is 102 Å². The fourth-order valence-corrected chi connectivity index (χ4v) is 2.72. The van der Waals surface area contributed by atoms with E-state index in [2.05, 4.69) is 29.4 Å². The fraction of sp³-hybridized carbons (Fsp3) is 0.750. The molecule has 1 N–H and O–H groups in total. The van der Waals surface area contributed by atoms with E-state index in [4.69, 9.17) is 4.98 Å². The van der Waals surface area contributed by atoms with Gasteiger partial charge in [0.1, 0.15) is 0 Å². The number of hydrogen-bond donors (Lipinski definition) is 1. The molecule has 2 rings (SSSR count). The second-order valence-electron chi connectivity index (χ2n) is 4.55. The van der Waals surface area contributed by atoms with Gasteiger partial charge in [0.15, 0.2) is 5.13 Å². The van der Waals surface area contributed by atoms with Gasteiger partial charge in [-0.25, -0.2) is 4.98 Å². The van der Waals surface area contributed by atoms with Crippen LogP contribution in [0.1, 0.15) is 38.4 Å². The molecule has 90 valence electrons. The predicted octanol–water partition coefficient (Wildman–Crippen LogP) is 2.66. The third-order valence-corrected chi connectivity index (χ3v) is 4.13. The lowest BCUT2D eigenvalue weighted by atomic mass is 10.3. The summed E-state index contributed by atoms with van der Waals surface area (Å²) >= 11 is 1.77. The molecule has 1 unspecified atom stereocenters. The third kappa shape index (κ3) is 2.74. The van der Waals surface area contributed by atoms with Gasteiger partial charge in [-0.05, 0) is 39.7 Å². The van der Waals surface area contributed by atoms with Crippen LogP contribution in [0, 0.1) is 5.92 Å². The lowest BCUT2D eigenvalue weighted by molar-refractivity contribution is 0.634. The quantitative estimate of drug-likeness (QED) is 0.827. The van der Waals surface area contributed by atoms with Gasteiger partial charge in [0.25, 0.3) is 0 Å². The zero-order chi connectivity index (χ0) is 11.5. The summed E-state index contributed by atoms with van der Waals surface area (Å²) in [6.07, 6.45) is 2.81. The third-order valence-electron chi connectivity index (χ3n) is 3.21. The average Bonchev–Trinajstić information content (AvgIpc) is 3.00. The van der Waals surface area contributed by atoms with Crippen molar-refractivity contribution < 1.29 is 0 Å². The molecular formula is C12H21N3S. The van der Waals surface area contributed by atoms with E-state index in [1.165, 1.54) is 24.5 Å². The van der Waals surface area contributed by atoms with Crippen LogP contribution in [0.25, 0.3) is 0 Å². The van der Waals surface area contributed by atoms with Crippen molar-refractivity contribution in [3.8, 4) is 0 Å². The molecule has 4 heteroatoms. The van der Waals surface area contributed by atoms with Crippen molar-refractivity contribution >= 4 is 16.5 Å². The standard InChI is InChI=1S/C12H21N3S/c1-4-15(7-10-5-6-10)12-14-11(8-16-12)9(2)13-3/h8-10,13H,4-7H2,1-3H3. The Morgan fingerprint density at radius 1 is 1.62 bits per heavy atom. The summed E-state index contributed by atoms with van der Waals surface area (Å²) in [5.41, 5.74) is 1.16. The Balaban J connectivity index is 2.02. The molecule has 1 saturated carbocycles. The van der Waals surface area contributed by atoms with Crippen molar-refractivity contribution in [2.45, 2.75) is 32.7 Å². The molecule has 16 heavy (non-hydrogen) atoms. The van der Waals surface area contributed by atoms with Crippen LogP contribution < -0.4 is 10.2 Å². The SMILES string of the molecule is CCN(CC1CC1)c1nc(C(C)NC)cs1. The molecule has 0 spiro atoms. The lowest BCUT2D eigenvalue weighted by Crippen LogP contribution is -2.25. The highest BCUT2D eigenvalue weighted by Crippen LogP contribution is 2.32. The normalized spacial score (nSPS) is 17.4. The molecule has 1 aromatic rings. The monoisotopic (exact) mass is 239 g/mol. The van der Waals surface area contributed by atoms with E-state index in [0.29, 0.717) is 6.04 Å². The topological polar surface area (TPSA) is 28.2 Å². The molecular weight excluding hydrogens is 218 g/mol. The number of nitrogens with one attached hydrogen (secondary N) is 1. The summed E-state index contributed by atoms with van der Waals surface area (Å²) in [5, 5.41) is 6.59. The van der Waals surface area contributed by atoms with Crippen LogP contribution in [-0.2, 0) is 0 Å². The second kappa shape index (κ2) is 5.15. The van der Waals surface area contributed by atoms with Gasteiger partial charge >= 0.3 is 0 Å². The van der Waals surface area contributed by atoms with Crippen molar-refractivity contribution in [2.24, 2.45) is 5.92 Å². The van der Waals surface area contributed by atoms with E-state index in [-0.39, 0.29) is 0 Å². The minimum atomic E-state index is 0.352. The van der Waals surface area contributed by atoms with E-state index in [1.807, 2.05) is 7.05 Å². The zero-order valence-corrected chi connectivity index (χ0v) is 11.2. The first-order valence-corrected chi connectivity index (χ1v) is 7.00. The van der Waals surface area contributed by atoms with Crippen molar-refractivity contribution in [3.05, 3.63) is 11.1 Å². The Hall–Kier alpha value is -0.610. The van der Waals surface area contributed by atoms with Crippen LogP contribution in [0.15, 0.2) is 5.38 Å². The van der Waals surface area contributed by atoms with Gasteiger partial charge in [-0.15, -0.1) is 11.3 Å². The maximum absolute atomic E-state index is 4.71. The maximum atomic E-state index is 4.71. The van der Waals surface area contributed by atoms with Crippen LogP contribution >= 0.6 is 11.3 Å². The highest BCUT2D eigenvalue weighted by molar-refractivity contribution is 7.13. The predicted molar refractivity (Wildman–Crippen MR) is 70.2 cm³/mol. The van der Waals surface area contributed by atoms with Gasteiger partial charge in [-0.2, -0.15) is 0 Å².